The number of carbonyl (C=O) groups is 2. The topological polar surface area (TPSA) is 104 Å². The first-order chi connectivity index (χ1) is 11.6. The molecular formula is C17H25N3O4S. The summed E-state index contributed by atoms with van der Waals surface area (Å²) in [5.41, 5.74) is 0.366. The van der Waals surface area contributed by atoms with Gasteiger partial charge < -0.3 is 10.6 Å². The summed E-state index contributed by atoms with van der Waals surface area (Å²) in [6.07, 6.45) is 0.835. The molecule has 1 aromatic rings. The molecule has 0 radical (unpaired) electrons. The molecule has 1 aliphatic rings. The van der Waals surface area contributed by atoms with Gasteiger partial charge in [-0.3, -0.25) is 9.59 Å². The van der Waals surface area contributed by atoms with Gasteiger partial charge >= 0.3 is 0 Å². The molecule has 1 saturated carbocycles. The number of hydrogen-bond donors (Lipinski definition) is 3. The van der Waals surface area contributed by atoms with Crippen molar-refractivity contribution in [2.24, 2.45) is 17.3 Å². The van der Waals surface area contributed by atoms with E-state index in [1.165, 1.54) is 25.2 Å². The molecule has 138 valence electrons. The van der Waals surface area contributed by atoms with Crippen molar-refractivity contribution >= 4 is 27.5 Å². The van der Waals surface area contributed by atoms with Gasteiger partial charge in [0.1, 0.15) is 0 Å². The molecule has 0 bridgehead atoms. The van der Waals surface area contributed by atoms with Crippen LogP contribution in [0.3, 0.4) is 0 Å². The van der Waals surface area contributed by atoms with Crippen LogP contribution in [0.25, 0.3) is 0 Å². The molecule has 2 unspecified atom stereocenters. The summed E-state index contributed by atoms with van der Waals surface area (Å²) in [5, 5.41) is 5.24. The van der Waals surface area contributed by atoms with Gasteiger partial charge in [0.25, 0.3) is 0 Å². The van der Waals surface area contributed by atoms with Crippen LogP contribution in [0, 0.1) is 17.3 Å². The van der Waals surface area contributed by atoms with Gasteiger partial charge in [-0.2, -0.15) is 0 Å². The lowest BCUT2D eigenvalue weighted by Crippen LogP contribution is -2.35. The van der Waals surface area contributed by atoms with Crippen LogP contribution in [0.1, 0.15) is 27.2 Å². The lowest BCUT2D eigenvalue weighted by molar-refractivity contribution is -0.125. The molecule has 2 rings (SSSR count). The SMILES string of the molecule is CNS(=O)(=O)c1cccc(NC(=O)CNC(=O)C2CC2(C)C(C)C)c1. The second kappa shape index (κ2) is 7.13. The van der Waals surface area contributed by atoms with Crippen LogP contribution < -0.4 is 15.4 Å². The maximum Gasteiger partial charge on any atom is 0.243 e. The van der Waals surface area contributed by atoms with Crippen molar-refractivity contribution < 1.29 is 18.0 Å². The van der Waals surface area contributed by atoms with Crippen LogP contribution in [-0.2, 0) is 19.6 Å². The lowest BCUT2D eigenvalue weighted by Gasteiger charge is -2.15. The standard InChI is InChI=1S/C17H25N3O4S/c1-11(2)17(3)9-14(17)16(22)19-10-15(21)20-12-6-5-7-13(8-12)25(23,24)18-4/h5-8,11,14,18H,9-10H2,1-4H3,(H,19,22)(H,20,21). The number of hydrogen-bond acceptors (Lipinski definition) is 4. The van der Waals surface area contributed by atoms with E-state index < -0.39 is 15.9 Å². The summed E-state index contributed by atoms with van der Waals surface area (Å²) in [4.78, 5) is 24.2. The molecular weight excluding hydrogens is 342 g/mol. The highest BCUT2D eigenvalue weighted by molar-refractivity contribution is 7.89. The zero-order valence-corrected chi connectivity index (χ0v) is 15.7. The van der Waals surface area contributed by atoms with Crippen LogP contribution in [0.5, 0.6) is 0 Å². The van der Waals surface area contributed by atoms with Crippen molar-refractivity contribution in [2.45, 2.75) is 32.1 Å². The van der Waals surface area contributed by atoms with Gasteiger partial charge in [0.15, 0.2) is 0 Å². The smallest absolute Gasteiger partial charge is 0.243 e. The molecule has 1 aromatic carbocycles. The van der Waals surface area contributed by atoms with Crippen LogP contribution >= 0.6 is 0 Å². The van der Waals surface area contributed by atoms with E-state index >= 15 is 0 Å². The first-order valence-corrected chi connectivity index (χ1v) is 9.69. The molecule has 8 heteroatoms. The van der Waals surface area contributed by atoms with Crippen molar-refractivity contribution in [3.63, 3.8) is 0 Å². The summed E-state index contributed by atoms with van der Waals surface area (Å²) < 4.78 is 25.8. The molecule has 0 spiro atoms. The van der Waals surface area contributed by atoms with E-state index in [2.05, 4.69) is 36.1 Å². The Balaban J connectivity index is 1.89. The van der Waals surface area contributed by atoms with E-state index in [-0.39, 0.29) is 28.7 Å². The second-order valence-electron chi connectivity index (χ2n) is 6.92. The summed E-state index contributed by atoms with van der Waals surface area (Å²) >= 11 is 0. The Morgan fingerprint density at radius 1 is 1.32 bits per heavy atom. The summed E-state index contributed by atoms with van der Waals surface area (Å²) in [6, 6.07) is 5.92. The summed E-state index contributed by atoms with van der Waals surface area (Å²) in [7, 11) is -2.26. The van der Waals surface area contributed by atoms with E-state index in [0.717, 1.165) is 6.42 Å². The van der Waals surface area contributed by atoms with Crippen molar-refractivity contribution in [2.75, 3.05) is 18.9 Å². The van der Waals surface area contributed by atoms with Crippen molar-refractivity contribution in [1.82, 2.24) is 10.0 Å². The second-order valence-corrected chi connectivity index (χ2v) is 8.81. The predicted octanol–water partition coefficient (Wildman–Crippen LogP) is 1.33. The van der Waals surface area contributed by atoms with Crippen LogP contribution in [-0.4, -0.2) is 33.8 Å². The van der Waals surface area contributed by atoms with Crippen molar-refractivity contribution in [1.29, 1.82) is 0 Å². The van der Waals surface area contributed by atoms with E-state index in [4.69, 9.17) is 0 Å². The van der Waals surface area contributed by atoms with Gasteiger partial charge in [0.2, 0.25) is 21.8 Å². The number of nitrogens with one attached hydrogen (secondary N) is 3. The molecule has 0 aromatic heterocycles. The number of benzene rings is 1. The Morgan fingerprint density at radius 2 is 2.00 bits per heavy atom. The molecule has 2 amide bonds. The van der Waals surface area contributed by atoms with Crippen LogP contribution in [0.2, 0.25) is 0 Å². The minimum atomic E-state index is -3.58. The first-order valence-electron chi connectivity index (χ1n) is 8.21. The largest absolute Gasteiger partial charge is 0.347 e. The molecule has 1 aliphatic carbocycles. The Labute approximate surface area is 148 Å². The Kier molecular flexibility index (Phi) is 5.53. The monoisotopic (exact) mass is 367 g/mol. The average molecular weight is 367 g/mol. The van der Waals surface area contributed by atoms with Crippen LogP contribution in [0.15, 0.2) is 29.2 Å². The summed E-state index contributed by atoms with van der Waals surface area (Å²) in [5.74, 6) is -0.157. The highest BCUT2D eigenvalue weighted by Crippen LogP contribution is 2.57. The maximum atomic E-state index is 12.1. The lowest BCUT2D eigenvalue weighted by atomic mass is 9.92. The van der Waals surface area contributed by atoms with Crippen LogP contribution in [0.4, 0.5) is 5.69 Å². The molecule has 2 atom stereocenters. The van der Waals surface area contributed by atoms with Gasteiger partial charge in [0.05, 0.1) is 11.4 Å². The Hall–Kier alpha value is -1.93. The molecule has 7 nitrogen and oxygen atoms in total. The third-order valence-corrected chi connectivity index (χ3v) is 6.45. The van der Waals surface area contributed by atoms with E-state index in [1.54, 1.807) is 6.07 Å². The quantitative estimate of drug-likeness (QED) is 0.676. The molecule has 0 saturated heterocycles. The fourth-order valence-electron chi connectivity index (χ4n) is 2.77. The number of carbonyl (C=O) groups excluding carboxylic acids is 2. The number of rotatable bonds is 7. The fraction of sp³-hybridized carbons (Fsp3) is 0.529. The van der Waals surface area contributed by atoms with E-state index in [9.17, 15) is 18.0 Å². The van der Waals surface area contributed by atoms with Gasteiger partial charge in [-0.05, 0) is 43.0 Å². The number of sulfonamides is 1. The van der Waals surface area contributed by atoms with Crippen molar-refractivity contribution in [3.8, 4) is 0 Å². The minimum Gasteiger partial charge on any atom is -0.347 e. The average Bonchev–Trinajstić information content (AvgIpc) is 3.26. The van der Waals surface area contributed by atoms with Gasteiger partial charge in [-0.15, -0.1) is 0 Å². The highest BCUT2D eigenvalue weighted by atomic mass is 32.2. The molecule has 25 heavy (non-hydrogen) atoms. The normalized spacial score (nSPS) is 22.5. The number of amides is 2. The van der Waals surface area contributed by atoms with E-state index in [1.807, 2.05) is 0 Å². The predicted molar refractivity (Wildman–Crippen MR) is 95.4 cm³/mol. The van der Waals surface area contributed by atoms with E-state index in [0.29, 0.717) is 11.6 Å². The zero-order valence-electron chi connectivity index (χ0n) is 14.9. The molecule has 0 heterocycles. The highest BCUT2D eigenvalue weighted by Gasteiger charge is 2.55. The number of anilines is 1. The fourth-order valence-corrected chi connectivity index (χ4v) is 3.54. The van der Waals surface area contributed by atoms with Crippen molar-refractivity contribution in [3.05, 3.63) is 24.3 Å². The van der Waals surface area contributed by atoms with Gasteiger partial charge in [-0.25, -0.2) is 13.1 Å². The third kappa shape index (κ3) is 4.38. The molecule has 1 fully saturated rings. The Bertz CT molecular complexity index is 776. The maximum absolute atomic E-state index is 12.1. The third-order valence-electron chi connectivity index (χ3n) is 5.04. The van der Waals surface area contributed by atoms with Gasteiger partial charge in [-0.1, -0.05) is 26.8 Å². The summed E-state index contributed by atoms with van der Waals surface area (Å²) in [6.45, 7) is 6.11. The van der Waals surface area contributed by atoms with Gasteiger partial charge in [0, 0.05) is 11.6 Å². The molecule has 0 aliphatic heterocycles. The minimum absolute atomic E-state index is 0.0103. The molecule has 3 N–H and O–H groups in total. The Morgan fingerprint density at radius 3 is 2.56 bits per heavy atom. The zero-order chi connectivity index (χ0) is 18.8. The first kappa shape index (κ1) is 19.4.